The number of hydrogen-bond acceptors (Lipinski definition) is 3. The van der Waals surface area contributed by atoms with Crippen molar-refractivity contribution in [3.8, 4) is 29.4 Å². The summed E-state index contributed by atoms with van der Waals surface area (Å²) in [5, 5.41) is 10.3. The first-order valence-electron chi connectivity index (χ1n) is 6.11. The second-order valence-corrected chi connectivity index (χ2v) is 4.98. The SMILES string of the molecule is C#CC(C)(C)n1c(O)c(-c2ccccc2F)c(=O)[nH]c1=O. The minimum atomic E-state index is -1.19. The Hall–Kier alpha value is -2.81. The van der Waals surface area contributed by atoms with Gasteiger partial charge in [0.25, 0.3) is 5.56 Å². The Bertz CT molecular complexity index is 856. The first-order chi connectivity index (χ1) is 9.79. The van der Waals surface area contributed by atoms with Gasteiger partial charge in [0.05, 0.1) is 0 Å². The molecule has 1 aromatic heterocycles. The van der Waals surface area contributed by atoms with Crippen LogP contribution in [0.2, 0.25) is 0 Å². The number of aromatic amines is 1. The van der Waals surface area contributed by atoms with E-state index in [-0.39, 0.29) is 11.1 Å². The molecule has 0 radical (unpaired) electrons. The highest BCUT2D eigenvalue weighted by Crippen LogP contribution is 2.29. The Morgan fingerprint density at radius 1 is 1.33 bits per heavy atom. The average molecular weight is 288 g/mol. The number of terminal acetylenes is 1. The molecule has 2 rings (SSSR count). The molecule has 6 heteroatoms. The van der Waals surface area contributed by atoms with Gasteiger partial charge in [0.15, 0.2) is 0 Å². The number of aromatic nitrogens is 2. The van der Waals surface area contributed by atoms with Crippen molar-refractivity contribution in [3.05, 3.63) is 50.9 Å². The summed E-state index contributed by atoms with van der Waals surface area (Å²) in [7, 11) is 0. The van der Waals surface area contributed by atoms with Crippen LogP contribution in [-0.2, 0) is 5.54 Å². The van der Waals surface area contributed by atoms with Gasteiger partial charge in [-0.1, -0.05) is 24.1 Å². The van der Waals surface area contributed by atoms with Crippen molar-refractivity contribution < 1.29 is 9.50 Å². The molecule has 2 N–H and O–H groups in total. The van der Waals surface area contributed by atoms with Gasteiger partial charge in [0.1, 0.15) is 16.9 Å². The van der Waals surface area contributed by atoms with E-state index >= 15 is 0 Å². The van der Waals surface area contributed by atoms with Gasteiger partial charge in [-0.25, -0.2) is 13.8 Å². The van der Waals surface area contributed by atoms with E-state index in [1.54, 1.807) is 0 Å². The molecular formula is C15H13FN2O3. The van der Waals surface area contributed by atoms with E-state index in [4.69, 9.17) is 6.42 Å². The predicted octanol–water partition coefficient (Wildman–Crippen LogP) is 1.42. The summed E-state index contributed by atoms with van der Waals surface area (Å²) in [6.45, 7) is 3.02. The van der Waals surface area contributed by atoms with Crippen molar-refractivity contribution in [3.63, 3.8) is 0 Å². The van der Waals surface area contributed by atoms with Crippen LogP contribution in [0.5, 0.6) is 5.88 Å². The van der Waals surface area contributed by atoms with Gasteiger partial charge in [-0.15, -0.1) is 6.42 Å². The summed E-state index contributed by atoms with van der Waals surface area (Å²) in [5.74, 6) is 0.977. The fraction of sp³-hybridized carbons (Fsp3) is 0.200. The molecule has 0 unspecified atom stereocenters. The van der Waals surface area contributed by atoms with Crippen LogP contribution >= 0.6 is 0 Å². The highest BCUT2D eigenvalue weighted by atomic mass is 19.1. The maximum atomic E-state index is 13.9. The van der Waals surface area contributed by atoms with E-state index in [9.17, 15) is 19.1 Å². The topological polar surface area (TPSA) is 75.1 Å². The van der Waals surface area contributed by atoms with E-state index in [1.165, 1.54) is 32.0 Å². The molecule has 0 saturated carbocycles. The third kappa shape index (κ3) is 2.34. The summed E-state index contributed by atoms with van der Waals surface area (Å²) in [4.78, 5) is 25.9. The maximum Gasteiger partial charge on any atom is 0.332 e. The summed E-state index contributed by atoms with van der Waals surface area (Å²) in [6, 6.07) is 5.44. The van der Waals surface area contributed by atoms with Crippen LogP contribution < -0.4 is 11.2 Å². The number of hydrogen-bond donors (Lipinski definition) is 2. The second-order valence-electron chi connectivity index (χ2n) is 4.98. The van der Waals surface area contributed by atoms with Gasteiger partial charge in [0.2, 0.25) is 5.88 Å². The van der Waals surface area contributed by atoms with Crippen LogP contribution in [0.15, 0.2) is 33.9 Å². The van der Waals surface area contributed by atoms with Gasteiger partial charge in [-0.3, -0.25) is 9.78 Å². The third-order valence-electron chi connectivity index (χ3n) is 3.14. The first kappa shape index (κ1) is 14.6. The highest BCUT2D eigenvalue weighted by molar-refractivity contribution is 5.68. The van der Waals surface area contributed by atoms with Gasteiger partial charge >= 0.3 is 5.69 Å². The van der Waals surface area contributed by atoms with E-state index in [0.29, 0.717) is 0 Å². The number of aromatic hydroxyl groups is 1. The molecule has 0 aliphatic rings. The highest BCUT2D eigenvalue weighted by Gasteiger charge is 2.26. The predicted molar refractivity (Wildman–Crippen MR) is 76.5 cm³/mol. The van der Waals surface area contributed by atoms with E-state index in [2.05, 4.69) is 5.92 Å². The normalized spacial score (nSPS) is 11.1. The molecule has 0 bridgehead atoms. The lowest BCUT2D eigenvalue weighted by atomic mass is 10.0. The van der Waals surface area contributed by atoms with Gasteiger partial charge in [0, 0.05) is 5.56 Å². The van der Waals surface area contributed by atoms with E-state index in [1.807, 2.05) is 4.98 Å². The molecule has 0 amide bonds. The molecule has 0 aliphatic heterocycles. The number of H-pyrrole nitrogens is 1. The minimum Gasteiger partial charge on any atom is -0.494 e. The standard InChI is InChI=1S/C15H13FN2O3/c1-4-15(2,3)18-13(20)11(12(19)17-14(18)21)9-7-5-6-8-10(9)16/h1,5-8,20H,2-3H3,(H,17,19,21). The van der Waals surface area contributed by atoms with Crippen molar-refractivity contribution in [2.24, 2.45) is 0 Å². The molecule has 21 heavy (non-hydrogen) atoms. The molecule has 1 aromatic carbocycles. The van der Waals surface area contributed by atoms with Crippen molar-refractivity contribution in [2.45, 2.75) is 19.4 Å². The molecular weight excluding hydrogens is 275 g/mol. The molecule has 1 heterocycles. The summed E-state index contributed by atoms with van der Waals surface area (Å²) in [6.07, 6.45) is 5.35. The fourth-order valence-corrected chi connectivity index (χ4v) is 2.01. The van der Waals surface area contributed by atoms with Crippen LogP contribution in [0, 0.1) is 18.2 Å². The quantitative estimate of drug-likeness (QED) is 0.821. The van der Waals surface area contributed by atoms with Crippen LogP contribution in [0.1, 0.15) is 13.8 Å². The Morgan fingerprint density at radius 3 is 2.52 bits per heavy atom. The molecule has 0 spiro atoms. The second kappa shape index (κ2) is 4.94. The Kier molecular flexibility index (Phi) is 3.44. The molecule has 0 aliphatic carbocycles. The molecule has 108 valence electrons. The first-order valence-corrected chi connectivity index (χ1v) is 6.11. The number of nitrogens with one attached hydrogen (secondary N) is 1. The fourth-order valence-electron chi connectivity index (χ4n) is 2.01. The molecule has 0 atom stereocenters. The zero-order valence-corrected chi connectivity index (χ0v) is 11.5. The lowest BCUT2D eigenvalue weighted by Gasteiger charge is -2.23. The number of halogens is 1. The van der Waals surface area contributed by atoms with Gasteiger partial charge in [-0.2, -0.15) is 0 Å². The Labute approximate surface area is 119 Å². The van der Waals surface area contributed by atoms with Crippen LogP contribution in [-0.4, -0.2) is 14.7 Å². The lowest BCUT2D eigenvalue weighted by Crippen LogP contribution is -2.40. The maximum absolute atomic E-state index is 13.9. The van der Waals surface area contributed by atoms with E-state index in [0.717, 1.165) is 10.6 Å². The van der Waals surface area contributed by atoms with E-state index < -0.39 is 28.5 Å². The zero-order valence-electron chi connectivity index (χ0n) is 11.5. The monoisotopic (exact) mass is 288 g/mol. The van der Waals surface area contributed by atoms with Crippen molar-refractivity contribution >= 4 is 0 Å². The van der Waals surface area contributed by atoms with Crippen LogP contribution in [0.4, 0.5) is 4.39 Å². The lowest BCUT2D eigenvalue weighted by molar-refractivity contribution is 0.344. The largest absolute Gasteiger partial charge is 0.494 e. The Balaban J connectivity index is 2.92. The number of nitrogens with zero attached hydrogens (tertiary/aromatic N) is 1. The molecule has 0 fully saturated rings. The van der Waals surface area contributed by atoms with Gasteiger partial charge in [-0.05, 0) is 19.9 Å². The smallest absolute Gasteiger partial charge is 0.332 e. The minimum absolute atomic E-state index is 0.113. The van der Waals surface area contributed by atoms with Gasteiger partial charge < -0.3 is 5.11 Å². The van der Waals surface area contributed by atoms with Crippen molar-refractivity contribution in [1.82, 2.24) is 9.55 Å². The van der Waals surface area contributed by atoms with Crippen LogP contribution in [0.25, 0.3) is 11.1 Å². The summed E-state index contributed by atoms with van der Waals surface area (Å²) in [5.41, 5.74) is -3.38. The van der Waals surface area contributed by atoms with Crippen molar-refractivity contribution in [1.29, 1.82) is 0 Å². The summed E-state index contributed by atoms with van der Waals surface area (Å²) < 4.78 is 14.7. The molecule has 2 aromatic rings. The molecule has 5 nitrogen and oxygen atoms in total. The van der Waals surface area contributed by atoms with Crippen LogP contribution in [0.3, 0.4) is 0 Å². The number of benzene rings is 1. The molecule has 0 saturated heterocycles. The number of rotatable bonds is 2. The summed E-state index contributed by atoms with van der Waals surface area (Å²) >= 11 is 0. The average Bonchev–Trinajstić information content (AvgIpc) is 2.40. The zero-order chi connectivity index (χ0) is 15.8. The Morgan fingerprint density at radius 2 is 1.95 bits per heavy atom. The van der Waals surface area contributed by atoms with Crippen molar-refractivity contribution in [2.75, 3.05) is 0 Å². The third-order valence-corrected chi connectivity index (χ3v) is 3.14.